The Balaban J connectivity index is 2.44. The van der Waals surface area contributed by atoms with Gasteiger partial charge in [-0.15, -0.1) is 0 Å². The monoisotopic (exact) mass is 174 g/mol. The van der Waals surface area contributed by atoms with Crippen molar-refractivity contribution in [2.75, 3.05) is 27.2 Å². The predicted octanol–water partition coefficient (Wildman–Crippen LogP) is 0.166. The average molecular weight is 174 g/mol. The van der Waals surface area contributed by atoms with Gasteiger partial charge in [-0.1, -0.05) is 0 Å². The third-order valence-corrected chi connectivity index (χ3v) is 2.16. The topological polar surface area (TPSA) is 32.3 Å². The number of nitrogens with zero attached hydrogens (tertiary/aromatic N) is 1. The van der Waals surface area contributed by atoms with E-state index in [1.54, 1.807) is 14.1 Å². The average Bonchev–Trinajstić information content (AvgIpc) is 2.35. The van der Waals surface area contributed by atoms with Gasteiger partial charge in [-0.3, -0.25) is 4.79 Å². The summed E-state index contributed by atoms with van der Waals surface area (Å²) in [6.45, 7) is 0.990. The molecular formula is C8H15FN2O. The summed E-state index contributed by atoms with van der Waals surface area (Å²) in [6, 6.07) is 0. The maximum absolute atomic E-state index is 13.6. The molecule has 0 spiro atoms. The first-order valence-electron chi connectivity index (χ1n) is 4.13. The minimum absolute atomic E-state index is 0.00694. The fraction of sp³-hybridized carbons (Fsp3) is 0.875. The van der Waals surface area contributed by atoms with Gasteiger partial charge in [-0.05, 0) is 13.0 Å². The van der Waals surface area contributed by atoms with Crippen molar-refractivity contribution < 1.29 is 9.18 Å². The summed E-state index contributed by atoms with van der Waals surface area (Å²) in [7, 11) is 3.29. The van der Waals surface area contributed by atoms with Gasteiger partial charge >= 0.3 is 0 Å². The van der Waals surface area contributed by atoms with Crippen molar-refractivity contribution in [1.82, 2.24) is 10.2 Å². The minimum atomic E-state index is -1.30. The molecule has 1 heterocycles. The van der Waals surface area contributed by atoms with Gasteiger partial charge in [0.15, 0.2) is 0 Å². The largest absolute Gasteiger partial charge is 0.349 e. The van der Waals surface area contributed by atoms with Crippen molar-refractivity contribution in [3.8, 4) is 0 Å². The third-order valence-electron chi connectivity index (χ3n) is 2.16. The number of hydrogen-bond donors (Lipinski definition) is 1. The Labute approximate surface area is 71.9 Å². The summed E-state index contributed by atoms with van der Waals surface area (Å²) in [5.41, 5.74) is -1.30. The van der Waals surface area contributed by atoms with E-state index in [0.717, 1.165) is 0 Å². The van der Waals surface area contributed by atoms with Gasteiger partial charge in [0.1, 0.15) is 5.67 Å². The number of hydrogen-bond acceptors (Lipinski definition) is 2. The third kappa shape index (κ3) is 2.17. The van der Waals surface area contributed by atoms with Gasteiger partial charge in [-0.25, -0.2) is 4.39 Å². The molecule has 3 nitrogen and oxygen atoms in total. The molecule has 0 radical (unpaired) electrons. The molecule has 1 amide bonds. The Morgan fingerprint density at radius 3 is 2.75 bits per heavy atom. The molecule has 1 atom stereocenters. The van der Waals surface area contributed by atoms with E-state index in [1.807, 2.05) is 0 Å². The summed E-state index contributed by atoms with van der Waals surface area (Å²) < 4.78 is 13.6. The smallest absolute Gasteiger partial charge is 0.225 e. The van der Waals surface area contributed by atoms with Crippen LogP contribution in [0.4, 0.5) is 4.39 Å². The number of nitrogens with one attached hydrogen (secondary N) is 1. The minimum Gasteiger partial charge on any atom is -0.349 e. The zero-order chi connectivity index (χ0) is 9.19. The van der Waals surface area contributed by atoms with Crippen molar-refractivity contribution in [1.29, 1.82) is 0 Å². The SMILES string of the molecule is CN(C)C(=O)CC1(F)CCNC1. The van der Waals surface area contributed by atoms with E-state index in [9.17, 15) is 9.18 Å². The highest BCUT2D eigenvalue weighted by atomic mass is 19.1. The zero-order valence-electron chi connectivity index (χ0n) is 7.56. The molecule has 0 aromatic rings. The van der Waals surface area contributed by atoms with E-state index < -0.39 is 5.67 Å². The molecule has 1 aliphatic rings. The summed E-state index contributed by atoms with van der Waals surface area (Å²) >= 11 is 0. The maximum atomic E-state index is 13.6. The fourth-order valence-corrected chi connectivity index (χ4v) is 1.29. The molecule has 4 heteroatoms. The highest BCUT2D eigenvalue weighted by Crippen LogP contribution is 2.24. The molecule has 1 fully saturated rings. The van der Waals surface area contributed by atoms with Gasteiger partial charge < -0.3 is 10.2 Å². The summed E-state index contributed by atoms with van der Waals surface area (Å²) in [5, 5.41) is 2.91. The first-order valence-corrected chi connectivity index (χ1v) is 4.13. The molecule has 1 aliphatic heterocycles. The quantitative estimate of drug-likeness (QED) is 0.647. The molecule has 0 aromatic carbocycles. The van der Waals surface area contributed by atoms with E-state index in [4.69, 9.17) is 0 Å². The van der Waals surface area contributed by atoms with E-state index in [2.05, 4.69) is 5.32 Å². The van der Waals surface area contributed by atoms with Crippen LogP contribution in [0.25, 0.3) is 0 Å². The predicted molar refractivity (Wildman–Crippen MR) is 44.6 cm³/mol. The van der Waals surface area contributed by atoms with Crippen LogP contribution in [0.2, 0.25) is 0 Å². The number of alkyl halides is 1. The molecular weight excluding hydrogens is 159 g/mol. The molecule has 1 saturated heterocycles. The van der Waals surface area contributed by atoms with E-state index >= 15 is 0 Å². The maximum Gasteiger partial charge on any atom is 0.225 e. The Hall–Kier alpha value is -0.640. The lowest BCUT2D eigenvalue weighted by Crippen LogP contribution is -2.34. The lowest BCUT2D eigenvalue weighted by molar-refractivity contribution is -0.131. The Morgan fingerprint density at radius 2 is 2.33 bits per heavy atom. The van der Waals surface area contributed by atoms with Crippen molar-refractivity contribution in [3.63, 3.8) is 0 Å². The molecule has 1 unspecified atom stereocenters. The van der Waals surface area contributed by atoms with E-state index in [0.29, 0.717) is 19.5 Å². The van der Waals surface area contributed by atoms with Crippen LogP contribution in [0.1, 0.15) is 12.8 Å². The van der Waals surface area contributed by atoms with Crippen LogP contribution < -0.4 is 5.32 Å². The van der Waals surface area contributed by atoms with Crippen molar-refractivity contribution in [2.24, 2.45) is 0 Å². The van der Waals surface area contributed by atoms with Crippen LogP contribution in [-0.2, 0) is 4.79 Å². The zero-order valence-corrected chi connectivity index (χ0v) is 7.56. The van der Waals surface area contributed by atoms with Crippen LogP contribution in [-0.4, -0.2) is 43.7 Å². The highest BCUT2D eigenvalue weighted by molar-refractivity contribution is 5.76. The second kappa shape index (κ2) is 3.39. The molecule has 70 valence electrons. The number of carbonyl (C=O) groups is 1. The van der Waals surface area contributed by atoms with Crippen LogP contribution in [0.3, 0.4) is 0 Å². The van der Waals surface area contributed by atoms with Crippen LogP contribution in [0.15, 0.2) is 0 Å². The van der Waals surface area contributed by atoms with E-state index in [-0.39, 0.29) is 12.3 Å². The molecule has 0 saturated carbocycles. The van der Waals surface area contributed by atoms with Crippen LogP contribution >= 0.6 is 0 Å². The first-order chi connectivity index (χ1) is 5.53. The van der Waals surface area contributed by atoms with Crippen molar-refractivity contribution in [3.05, 3.63) is 0 Å². The van der Waals surface area contributed by atoms with Gasteiger partial charge in [-0.2, -0.15) is 0 Å². The number of carbonyl (C=O) groups excluding carboxylic acids is 1. The number of amides is 1. The first kappa shape index (κ1) is 9.45. The molecule has 12 heavy (non-hydrogen) atoms. The molecule has 0 aromatic heterocycles. The van der Waals surface area contributed by atoms with Gasteiger partial charge in [0, 0.05) is 20.6 Å². The fourth-order valence-electron chi connectivity index (χ4n) is 1.29. The molecule has 0 bridgehead atoms. The lowest BCUT2D eigenvalue weighted by Gasteiger charge is -2.19. The lowest BCUT2D eigenvalue weighted by atomic mass is 10.0. The van der Waals surface area contributed by atoms with Gasteiger partial charge in [0.05, 0.1) is 6.42 Å². The van der Waals surface area contributed by atoms with Crippen molar-refractivity contribution in [2.45, 2.75) is 18.5 Å². The Bertz CT molecular complexity index is 176. The highest BCUT2D eigenvalue weighted by Gasteiger charge is 2.36. The molecule has 0 aliphatic carbocycles. The summed E-state index contributed by atoms with van der Waals surface area (Å²) in [6.07, 6.45) is 0.458. The molecule has 1 rings (SSSR count). The summed E-state index contributed by atoms with van der Waals surface area (Å²) in [4.78, 5) is 12.6. The standard InChI is InChI=1S/C8H15FN2O/c1-11(2)7(12)5-8(9)3-4-10-6-8/h10H,3-6H2,1-2H3. The number of halogens is 1. The normalized spacial score (nSPS) is 28.9. The van der Waals surface area contributed by atoms with E-state index in [1.165, 1.54) is 4.90 Å². The van der Waals surface area contributed by atoms with Gasteiger partial charge in [0.2, 0.25) is 5.91 Å². The van der Waals surface area contributed by atoms with Crippen LogP contribution in [0.5, 0.6) is 0 Å². The van der Waals surface area contributed by atoms with Gasteiger partial charge in [0.25, 0.3) is 0 Å². The Morgan fingerprint density at radius 1 is 1.67 bits per heavy atom. The Kier molecular flexibility index (Phi) is 2.67. The molecule has 1 N–H and O–H groups in total. The van der Waals surface area contributed by atoms with Crippen LogP contribution in [0, 0.1) is 0 Å². The summed E-state index contributed by atoms with van der Waals surface area (Å²) in [5.74, 6) is -0.138. The van der Waals surface area contributed by atoms with Crippen molar-refractivity contribution >= 4 is 5.91 Å². The second-order valence-corrected chi connectivity index (χ2v) is 3.54. The second-order valence-electron chi connectivity index (χ2n) is 3.54. The number of rotatable bonds is 2.